The standard InChI is InChI=1S/C7H13NO3/c1-4-7(9)5(8)3-6(10-2)11-4/h4-6H,3,8H2,1-2H3. The van der Waals surface area contributed by atoms with Crippen LogP contribution in [0.15, 0.2) is 0 Å². The third-order valence-electron chi connectivity index (χ3n) is 1.83. The van der Waals surface area contributed by atoms with Gasteiger partial charge in [-0.1, -0.05) is 0 Å². The van der Waals surface area contributed by atoms with Crippen LogP contribution in [0.1, 0.15) is 13.3 Å². The lowest BCUT2D eigenvalue weighted by Gasteiger charge is -2.29. The predicted molar refractivity (Wildman–Crippen MR) is 38.9 cm³/mol. The van der Waals surface area contributed by atoms with Crippen LogP contribution in [0.4, 0.5) is 0 Å². The molecule has 0 aromatic heterocycles. The summed E-state index contributed by atoms with van der Waals surface area (Å²) in [7, 11) is 1.54. The van der Waals surface area contributed by atoms with E-state index in [1.54, 1.807) is 14.0 Å². The summed E-state index contributed by atoms with van der Waals surface area (Å²) in [6, 6.07) is -0.427. The lowest BCUT2D eigenvalue weighted by atomic mass is 10.0. The molecule has 1 heterocycles. The van der Waals surface area contributed by atoms with Crippen molar-refractivity contribution in [1.82, 2.24) is 0 Å². The van der Waals surface area contributed by atoms with Gasteiger partial charge in [0.15, 0.2) is 12.1 Å². The van der Waals surface area contributed by atoms with Gasteiger partial charge in [-0.05, 0) is 6.92 Å². The molecule has 1 aliphatic rings. The minimum Gasteiger partial charge on any atom is -0.356 e. The molecule has 0 bridgehead atoms. The fourth-order valence-corrected chi connectivity index (χ4v) is 1.13. The first kappa shape index (κ1) is 8.64. The molecule has 0 radical (unpaired) electrons. The smallest absolute Gasteiger partial charge is 0.178 e. The number of carbonyl (C=O) groups excluding carboxylic acids is 1. The second kappa shape index (κ2) is 3.30. The van der Waals surface area contributed by atoms with Crippen molar-refractivity contribution >= 4 is 5.78 Å². The molecule has 64 valence electrons. The van der Waals surface area contributed by atoms with Gasteiger partial charge in [-0.15, -0.1) is 0 Å². The zero-order valence-corrected chi connectivity index (χ0v) is 6.74. The Balaban J connectivity index is 2.54. The van der Waals surface area contributed by atoms with E-state index in [1.165, 1.54) is 0 Å². The molecule has 1 aliphatic heterocycles. The highest BCUT2D eigenvalue weighted by Crippen LogP contribution is 2.15. The molecule has 0 amide bonds. The normalized spacial score (nSPS) is 39.2. The number of Topliss-reactive ketones (excluding diaryl/α,β-unsaturated/α-hetero) is 1. The average molecular weight is 159 g/mol. The fraction of sp³-hybridized carbons (Fsp3) is 0.857. The molecule has 11 heavy (non-hydrogen) atoms. The monoisotopic (exact) mass is 159 g/mol. The van der Waals surface area contributed by atoms with Crippen LogP contribution in [0.2, 0.25) is 0 Å². The Kier molecular flexibility index (Phi) is 2.59. The Morgan fingerprint density at radius 2 is 2.36 bits per heavy atom. The Morgan fingerprint density at radius 3 is 2.82 bits per heavy atom. The van der Waals surface area contributed by atoms with E-state index in [0.29, 0.717) is 6.42 Å². The molecule has 1 rings (SSSR count). The van der Waals surface area contributed by atoms with E-state index < -0.39 is 12.1 Å². The number of hydrogen-bond acceptors (Lipinski definition) is 4. The Morgan fingerprint density at radius 1 is 1.73 bits per heavy atom. The summed E-state index contributed by atoms with van der Waals surface area (Å²) in [6.07, 6.45) is -0.291. The number of rotatable bonds is 1. The third-order valence-corrected chi connectivity index (χ3v) is 1.83. The fourth-order valence-electron chi connectivity index (χ4n) is 1.13. The summed E-state index contributed by atoms with van der Waals surface area (Å²) in [5.41, 5.74) is 5.53. The van der Waals surface area contributed by atoms with Crippen molar-refractivity contribution in [3.63, 3.8) is 0 Å². The molecule has 4 nitrogen and oxygen atoms in total. The quantitative estimate of drug-likeness (QED) is 0.568. The number of hydrogen-bond donors (Lipinski definition) is 1. The number of methoxy groups -OCH3 is 1. The van der Waals surface area contributed by atoms with Crippen molar-refractivity contribution in [3.8, 4) is 0 Å². The lowest BCUT2D eigenvalue weighted by Crippen LogP contribution is -2.48. The predicted octanol–water partition coefficient (Wildman–Crippen LogP) is -0.336. The number of ether oxygens (including phenoxy) is 2. The van der Waals surface area contributed by atoms with E-state index >= 15 is 0 Å². The number of carbonyl (C=O) groups is 1. The summed E-state index contributed by atoms with van der Waals surface area (Å²) in [4.78, 5) is 11.1. The van der Waals surface area contributed by atoms with Gasteiger partial charge < -0.3 is 15.2 Å². The van der Waals surface area contributed by atoms with Crippen molar-refractivity contribution in [2.75, 3.05) is 7.11 Å². The van der Waals surface area contributed by atoms with Crippen LogP contribution in [0.25, 0.3) is 0 Å². The van der Waals surface area contributed by atoms with Crippen molar-refractivity contribution in [3.05, 3.63) is 0 Å². The zero-order chi connectivity index (χ0) is 8.43. The summed E-state index contributed by atoms with van der Waals surface area (Å²) >= 11 is 0. The van der Waals surface area contributed by atoms with Gasteiger partial charge in [0.05, 0.1) is 6.04 Å². The SMILES string of the molecule is COC1CC(N)C(=O)C(C)O1. The number of ketones is 1. The van der Waals surface area contributed by atoms with Crippen LogP contribution in [-0.2, 0) is 14.3 Å². The molecule has 1 saturated heterocycles. The first-order valence-corrected chi connectivity index (χ1v) is 3.62. The van der Waals surface area contributed by atoms with Crippen LogP contribution in [0, 0.1) is 0 Å². The van der Waals surface area contributed by atoms with Crippen molar-refractivity contribution < 1.29 is 14.3 Å². The minimum absolute atomic E-state index is 0.0432. The minimum atomic E-state index is -0.427. The summed E-state index contributed by atoms with van der Waals surface area (Å²) in [6.45, 7) is 1.69. The third kappa shape index (κ3) is 1.77. The summed E-state index contributed by atoms with van der Waals surface area (Å²) < 4.78 is 10.1. The van der Waals surface area contributed by atoms with Crippen LogP contribution in [0.3, 0.4) is 0 Å². The molecular formula is C7H13NO3. The molecule has 4 heteroatoms. The highest BCUT2D eigenvalue weighted by Gasteiger charge is 2.32. The van der Waals surface area contributed by atoms with Crippen LogP contribution in [-0.4, -0.2) is 31.3 Å². The molecule has 0 aromatic carbocycles. The van der Waals surface area contributed by atoms with Gasteiger partial charge in [0.1, 0.15) is 6.10 Å². The van der Waals surface area contributed by atoms with Crippen molar-refractivity contribution in [2.24, 2.45) is 5.73 Å². The maximum Gasteiger partial charge on any atom is 0.178 e. The Bertz CT molecular complexity index is 146. The van der Waals surface area contributed by atoms with Crippen molar-refractivity contribution in [2.45, 2.75) is 31.8 Å². The van der Waals surface area contributed by atoms with E-state index in [-0.39, 0.29) is 12.1 Å². The molecule has 0 saturated carbocycles. The largest absolute Gasteiger partial charge is 0.356 e. The molecule has 0 aliphatic carbocycles. The first-order valence-electron chi connectivity index (χ1n) is 3.62. The molecule has 0 spiro atoms. The second-order valence-electron chi connectivity index (χ2n) is 2.69. The molecule has 1 fully saturated rings. The van der Waals surface area contributed by atoms with Gasteiger partial charge in [-0.25, -0.2) is 0 Å². The molecule has 0 aromatic rings. The highest BCUT2D eigenvalue weighted by atomic mass is 16.7. The average Bonchev–Trinajstić information content (AvgIpc) is 1.99. The van der Waals surface area contributed by atoms with Gasteiger partial charge in [0.25, 0.3) is 0 Å². The summed E-state index contributed by atoms with van der Waals surface area (Å²) in [5.74, 6) is -0.0432. The van der Waals surface area contributed by atoms with E-state index in [2.05, 4.69) is 0 Å². The summed E-state index contributed by atoms with van der Waals surface area (Å²) in [5, 5.41) is 0. The van der Waals surface area contributed by atoms with Gasteiger partial charge in [-0.3, -0.25) is 4.79 Å². The van der Waals surface area contributed by atoms with Crippen LogP contribution in [0.5, 0.6) is 0 Å². The maximum atomic E-state index is 11.1. The van der Waals surface area contributed by atoms with E-state index in [9.17, 15) is 4.79 Å². The lowest BCUT2D eigenvalue weighted by molar-refractivity contribution is -0.185. The highest BCUT2D eigenvalue weighted by molar-refractivity contribution is 5.88. The zero-order valence-electron chi connectivity index (χ0n) is 6.74. The molecule has 3 atom stereocenters. The first-order chi connectivity index (χ1) is 5.15. The molecule has 2 N–H and O–H groups in total. The number of nitrogens with two attached hydrogens (primary N) is 1. The van der Waals surface area contributed by atoms with E-state index in [4.69, 9.17) is 15.2 Å². The molecular weight excluding hydrogens is 146 g/mol. The maximum absolute atomic E-state index is 11.1. The van der Waals surface area contributed by atoms with Gasteiger partial charge >= 0.3 is 0 Å². The van der Waals surface area contributed by atoms with Gasteiger partial charge in [0, 0.05) is 13.5 Å². The Labute approximate surface area is 65.7 Å². The van der Waals surface area contributed by atoms with E-state index in [0.717, 1.165) is 0 Å². The van der Waals surface area contributed by atoms with E-state index in [1.807, 2.05) is 0 Å². The Hall–Kier alpha value is -0.450. The molecule has 3 unspecified atom stereocenters. The second-order valence-corrected chi connectivity index (χ2v) is 2.69. The van der Waals surface area contributed by atoms with Crippen LogP contribution >= 0.6 is 0 Å². The van der Waals surface area contributed by atoms with Crippen molar-refractivity contribution in [1.29, 1.82) is 0 Å². The van der Waals surface area contributed by atoms with Gasteiger partial charge in [-0.2, -0.15) is 0 Å². The topological polar surface area (TPSA) is 61.5 Å². The van der Waals surface area contributed by atoms with Crippen LogP contribution < -0.4 is 5.73 Å². The van der Waals surface area contributed by atoms with Gasteiger partial charge in [0.2, 0.25) is 0 Å².